The largest absolute Gasteiger partial charge is 0.237 e. The highest BCUT2D eigenvalue weighted by molar-refractivity contribution is 5.35. The highest BCUT2D eigenvalue weighted by Gasteiger charge is 2.15. The van der Waals surface area contributed by atoms with Gasteiger partial charge in [-0.2, -0.15) is 5.10 Å². The van der Waals surface area contributed by atoms with Crippen molar-refractivity contribution < 1.29 is 0 Å². The van der Waals surface area contributed by atoms with E-state index in [4.69, 9.17) is 0 Å². The Labute approximate surface area is 88.7 Å². The van der Waals surface area contributed by atoms with Crippen LogP contribution in [0.4, 0.5) is 0 Å². The molecule has 0 bridgehead atoms. The second-order valence-electron chi connectivity index (χ2n) is 3.72. The molecular weight excluding hydrogens is 186 g/mol. The first-order chi connectivity index (χ1) is 7.45. The third-order valence-electron chi connectivity index (χ3n) is 2.75. The zero-order valence-electron chi connectivity index (χ0n) is 8.43. The maximum Gasteiger partial charge on any atom is 0.0648 e. The van der Waals surface area contributed by atoms with Crippen LogP contribution >= 0.6 is 0 Å². The van der Waals surface area contributed by atoms with Gasteiger partial charge in [0, 0.05) is 25.1 Å². The molecule has 1 aliphatic rings. The maximum absolute atomic E-state index is 4.42. The van der Waals surface area contributed by atoms with Gasteiger partial charge in [-0.25, -0.2) is 10.00 Å². The average Bonchev–Trinajstić information content (AvgIpc) is 2.74. The topological polar surface area (TPSA) is 31.9 Å². The van der Waals surface area contributed by atoms with Crippen LogP contribution in [0.2, 0.25) is 0 Å². The van der Waals surface area contributed by atoms with Crippen molar-refractivity contribution in [1.82, 2.24) is 15.1 Å². The van der Waals surface area contributed by atoms with E-state index in [-0.39, 0.29) is 0 Å². The molecule has 2 heterocycles. The molecular formula is C12H12N3. The summed E-state index contributed by atoms with van der Waals surface area (Å²) in [5.41, 5.74) is 3.72. The lowest BCUT2D eigenvalue weighted by atomic mass is 10.1. The Morgan fingerprint density at radius 3 is 2.87 bits per heavy atom. The molecule has 0 unspecified atom stereocenters. The number of nitrogens with zero attached hydrogens (tertiary/aromatic N) is 3. The third kappa shape index (κ3) is 1.45. The van der Waals surface area contributed by atoms with Crippen LogP contribution in [0.15, 0.2) is 36.5 Å². The Balaban J connectivity index is 2.09. The molecule has 0 amide bonds. The van der Waals surface area contributed by atoms with E-state index in [1.165, 1.54) is 11.3 Å². The number of fused-ring (bicyclic) bond motifs is 1. The highest BCUT2D eigenvalue weighted by atomic mass is 15.3. The van der Waals surface area contributed by atoms with E-state index in [9.17, 15) is 0 Å². The summed E-state index contributed by atoms with van der Waals surface area (Å²) < 4.78 is 2.03. The molecule has 0 spiro atoms. The van der Waals surface area contributed by atoms with E-state index >= 15 is 0 Å². The molecule has 0 atom stereocenters. The minimum Gasteiger partial charge on any atom is -0.237 e. The van der Waals surface area contributed by atoms with Crippen LogP contribution in [0, 0.1) is 0 Å². The van der Waals surface area contributed by atoms with Gasteiger partial charge in [-0.15, -0.1) is 0 Å². The van der Waals surface area contributed by atoms with Gasteiger partial charge in [0.25, 0.3) is 0 Å². The van der Waals surface area contributed by atoms with Crippen molar-refractivity contribution in [1.29, 1.82) is 0 Å². The highest BCUT2D eigenvalue weighted by Crippen LogP contribution is 2.17. The monoisotopic (exact) mass is 198 g/mol. The van der Waals surface area contributed by atoms with Gasteiger partial charge >= 0.3 is 0 Å². The zero-order valence-corrected chi connectivity index (χ0v) is 8.43. The Hall–Kier alpha value is -1.61. The van der Waals surface area contributed by atoms with Gasteiger partial charge in [-0.3, -0.25) is 0 Å². The van der Waals surface area contributed by atoms with Gasteiger partial charge in [0.05, 0.1) is 17.6 Å². The van der Waals surface area contributed by atoms with E-state index < -0.39 is 0 Å². The second kappa shape index (κ2) is 3.51. The Kier molecular flexibility index (Phi) is 2.03. The minimum atomic E-state index is 0.822. The summed E-state index contributed by atoms with van der Waals surface area (Å²) in [5, 5.41) is 8.80. The quantitative estimate of drug-likeness (QED) is 0.684. The lowest BCUT2D eigenvalue weighted by Crippen LogP contribution is -2.18. The molecule has 1 radical (unpaired) electrons. The summed E-state index contributed by atoms with van der Waals surface area (Å²) in [6.07, 6.45) is 2.94. The second-order valence-corrected chi connectivity index (χ2v) is 3.72. The van der Waals surface area contributed by atoms with Crippen molar-refractivity contribution in [2.45, 2.75) is 13.0 Å². The van der Waals surface area contributed by atoms with E-state index in [0.717, 1.165) is 25.2 Å². The number of rotatable bonds is 1. The van der Waals surface area contributed by atoms with Crippen molar-refractivity contribution in [3.63, 3.8) is 0 Å². The summed E-state index contributed by atoms with van der Waals surface area (Å²) in [5.74, 6) is 0. The Morgan fingerprint density at radius 1 is 1.13 bits per heavy atom. The number of benzene rings is 1. The van der Waals surface area contributed by atoms with E-state index in [0.29, 0.717) is 0 Å². The standard InChI is InChI=1S/C12H12N3/c1-2-4-11(5-3-1)15-12-6-7-13-8-10(12)9-14-15/h1-5,9H,6-8H2. The molecule has 1 aromatic carbocycles. The fourth-order valence-corrected chi connectivity index (χ4v) is 1.98. The summed E-state index contributed by atoms with van der Waals surface area (Å²) in [4.78, 5) is 0. The zero-order chi connectivity index (χ0) is 10.1. The SMILES string of the molecule is c1ccc(-n2ncc3c2CC[N]C3)cc1. The van der Waals surface area contributed by atoms with Gasteiger partial charge < -0.3 is 0 Å². The first-order valence-corrected chi connectivity index (χ1v) is 5.19. The van der Waals surface area contributed by atoms with Crippen LogP contribution in [0.3, 0.4) is 0 Å². The number of hydrogen-bond donors (Lipinski definition) is 0. The van der Waals surface area contributed by atoms with Crippen LogP contribution in [0.1, 0.15) is 11.3 Å². The minimum absolute atomic E-state index is 0.822. The lowest BCUT2D eigenvalue weighted by molar-refractivity contribution is 0.611. The first kappa shape index (κ1) is 8.68. The number of aromatic nitrogens is 2. The molecule has 3 heteroatoms. The van der Waals surface area contributed by atoms with Gasteiger partial charge in [0.15, 0.2) is 0 Å². The average molecular weight is 198 g/mol. The Morgan fingerprint density at radius 2 is 2.00 bits per heavy atom. The summed E-state index contributed by atoms with van der Waals surface area (Å²) in [6.45, 7) is 1.74. The van der Waals surface area contributed by atoms with Gasteiger partial charge in [-0.05, 0) is 12.1 Å². The van der Waals surface area contributed by atoms with E-state index in [2.05, 4.69) is 22.5 Å². The summed E-state index contributed by atoms with van der Waals surface area (Å²) in [6, 6.07) is 10.3. The lowest BCUT2D eigenvalue weighted by Gasteiger charge is -2.13. The van der Waals surface area contributed by atoms with Gasteiger partial charge in [0.2, 0.25) is 0 Å². The molecule has 0 aliphatic carbocycles. The van der Waals surface area contributed by atoms with Crippen LogP contribution in [-0.4, -0.2) is 16.3 Å². The predicted octanol–water partition coefficient (Wildman–Crippen LogP) is 1.53. The molecule has 0 saturated heterocycles. The van der Waals surface area contributed by atoms with Crippen molar-refractivity contribution in [3.05, 3.63) is 47.8 Å². The maximum atomic E-state index is 4.42. The summed E-state index contributed by atoms with van der Waals surface area (Å²) in [7, 11) is 0. The normalized spacial score (nSPS) is 14.9. The molecule has 1 aliphatic heterocycles. The number of hydrogen-bond acceptors (Lipinski definition) is 1. The van der Waals surface area contributed by atoms with Crippen LogP contribution in [0.5, 0.6) is 0 Å². The van der Waals surface area contributed by atoms with Crippen LogP contribution in [0.25, 0.3) is 5.69 Å². The first-order valence-electron chi connectivity index (χ1n) is 5.19. The summed E-state index contributed by atoms with van der Waals surface area (Å²) >= 11 is 0. The van der Waals surface area contributed by atoms with Gasteiger partial charge in [0.1, 0.15) is 0 Å². The van der Waals surface area contributed by atoms with Crippen molar-refractivity contribution in [2.24, 2.45) is 0 Å². The molecule has 0 N–H and O–H groups in total. The fraction of sp³-hybridized carbons (Fsp3) is 0.250. The molecule has 15 heavy (non-hydrogen) atoms. The van der Waals surface area contributed by atoms with E-state index in [1.807, 2.05) is 29.1 Å². The Bertz CT molecular complexity index is 459. The van der Waals surface area contributed by atoms with E-state index in [1.54, 1.807) is 0 Å². The van der Waals surface area contributed by atoms with Crippen LogP contribution < -0.4 is 5.32 Å². The fourth-order valence-electron chi connectivity index (χ4n) is 1.98. The smallest absolute Gasteiger partial charge is 0.0648 e. The van der Waals surface area contributed by atoms with Crippen molar-refractivity contribution in [2.75, 3.05) is 6.54 Å². The molecule has 0 fully saturated rings. The molecule has 3 rings (SSSR count). The predicted molar refractivity (Wildman–Crippen MR) is 58.0 cm³/mol. The van der Waals surface area contributed by atoms with Gasteiger partial charge in [-0.1, -0.05) is 18.2 Å². The molecule has 3 nitrogen and oxygen atoms in total. The molecule has 75 valence electrons. The molecule has 0 saturated carbocycles. The molecule has 2 aromatic rings. The van der Waals surface area contributed by atoms with Crippen molar-refractivity contribution in [3.8, 4) is 5.69 Å². The third-order valence-corrected chi connectivity index (χ3v) is 2.75. The van der Waals surface area contributed by atoms with Crippen LogP contribution in [-0.2, 0) is 13.0 Å². The number of para-hydroxylation sites is 1. The molecule has 1 aromatic heterocycles. The van der Waals surface area contributed by atoms with Crippen molar-refractivity contribution >= 4 is 0 Å².